The van der Waals surface area contributed by atoms with Gasteiger partial charge in [0.15, 0.2) is 0 Å². The zero-order valence-corrected chi connectivity index (χ0v) is 12.8. The van der Waals surface area contributed by atoms with Crippen LogP contribution in [0.3, 0.4) is 0 Å². The van der Waals surface area contributed by atoms with Crippen molar-refractivity contribution in [1.29, 1.82) is 0 Å². The molecule has 1 aromatic carbocycles. The highest BCUT2D eigenvalue weighted by Crippen LogP contribution is 2.19. The standard InChI is InChI=1S/C17H25NO3/c1-13(2)10-15(12-17(20)21)11-16(19)18-9-8-14-6-4-3-5-7-14/h3-7,13,15H,8-12H2,1-2H3,(H,18,19)(H,20,21)/t15-/m0/s1. The first-order valence-electron chi connectivity index (χ1n) is 7.49. The van der Waals surface area contributed by atoms with Crippen LogP contribution >= 0.6 is 0 Å². The van der Waals surface area contributed by atoms with E-state index in [4.69, 9.17) is 5.11 Å². The van der Waals surface area contributed by atoms with Gasteiger partial charge in [0.1, 0.15) is 0 Å². The Morgan fingerprint density at radius 1 is 1.14 bits per heavy atom. The second kappa shape index (κ2) is 9.16. The Hall–Kier alpha value is -1.84. The first-order chi connectivity index (χ1) is 9.97. The Labute approximate surface area is 126 Å². The van der Waals surface area contributed by atoms with Crippen LogP contribution in [0.15, 0.2) is 30.3 Å². The molecule has 0 aromatic heterocycles. The van der Waals surface area contributed by atoms with Crippen LogP contribution in [0.1, 0.15) is 38.7 Å². The SMILES string of the molecule is CC(C)C[C@H](CC(=O)O)CC(=O)NCCc1ccccc1. The Morgan fingerprint density at radius 2 is 1.81 bits per heavy atom. The monoisotopic (exact) mass is 291 g/mol. The molecule has 0 bridgehead atoms. The molecule has 1 rings (SSSR count). The molecule has 0 spiro atoms. The fraction of sp³-hybridized carbons (Fsp3) is 0.529. The van der Waals surface area contributed by atoms with Gasteiger partial charge in [-0.25, -0.2) is 0 Å². The van der Waals surface area contributed by atoms with E-state index in [2.05, 4.69) is 5.32 Å². The van der Waals surface area contributed by atoms with Gasteiger partial charge in [-0.1, -0.05) is 44.2 Å². The number of nitrogens with one attached hydrogen (secondary N) is 1. The van der Waals surface area contributed by atoms with E-state index >= 15 is 0 Å². The Balaban J connectivity index is 2.34. The molecule has 0 radical (unpaired) electrons. The number of hydrogen-bond acceptors (Lipinski definition) is 2. The number of rotatable bonds is 9. The summed E-state index contributed by atoms with van der Waals surface area (Å²) in [7, 11) is 0. The van der Waals surface area contributed by atoms with Gasteiger partial charge in [-0.2, -0.15) is 0 Å². The van der Waals surface area contributed by atoms with Gasteiger partial charge in [-0.15, -0.1) is 0 Å². The van der Waals surface area contributed by atoms with Crippen LogP contribution in [-0.2, 0) is 16.0 Å². The van der Waals surface area contributed by atoms with Crippen molar-refractivity contribution in [2.24, 2.45) is 11.8 Å². The summed E-state index contributed by atoms with van der Waals surface area (Å²) in [5.41, 5.74) is 1.18. The summed E-state index contributed by atoms with van der Waals surface area (Å²) in [6.07, 6.45) is 1.91. The van der Waals surface area contributed by atoms with Crippen molar-refractivity contribution in [2.75, 3.05) is 6.54 Å². The van der Waals surface area contributed by atoms with Crippen LogP contribution in [0, 0.1) is 11.8 Å². The van der Waals surface area contributed by atoms with Crippen molar-refractivity contribution in [1.82, 2.24) is 5.32 Å². The number of hydrogen-bond donors (Lipinski definition) is 2. The molecule has 1 amide bonds. The van der Waals surface area contributed by atoms with Gasteiger partial charge in [-0.05, 0) is 30.2 Å². The van der Waals surface area contributed by atoms with E-state index in [9.17, 15) is 9.59 Å². The summed E-state index contributed by atoms with van der Waals surface area (Å²) >= 11 is 0. The highest BCUT2D eigenvalue weighted by Gasteiger charge is 2.18. The van der Waals surface area contributed by atoms with Crippen LogP contribution in [0.2, 0.25) is 0 Å². The molecular formula is C17H25NO3. The smallest absolute Gasteiger partial charge is 0.303 e. The summed E-state index contributed by atoms with van der Waals surface area (Å²) in [4.78, 5) is 22.7. The molecule has 0 heterocycles. The minimum Gasteiger partial charge on any atom is -0.481 e. The normalized spacial score (nSPS) is 12.1. The molecule has 1 atom stereocenters. The van der Waals surface area contributed by atoms with E-state index in [1.165, 1.54) is 5.56 Å². The molecular weight excluding hydrogens is 266 g/mol. The third kappa shape index (κ3) is 8.12. The number of carbonyl (C=O) groups excluding carboxylic acids is 1. The van der Waals surface area contributed by atoms with Gasteiger partial charge in [0.2, 0.25) is 5.91 Å². The van der Waals surface area contributed by atoms with Crippen molar-refractivity contribution in [3.63, 3.8) is 0 Å². The van der Waals surface area contributed by atoms with Crippen LogP contribution in [0.25, 0.3) is 0 Å². The zero-order valence-electron chi connectivity index (χ0n) is 12.8. The fourth-order valence-electron chi connectivity index (χ4n) is 2.48. The number of amides is 1. The lowest BCUT2D eigenvalue weighted by molar-refractivity contribution is -0.138. The lowest BCUT2D eigenvalue weighted by Crippen LogP contribution is -2.28. The largest absolute Gasteiger partial charge is 0.481 e. The van der Waals surface area contributed by atoms with E-state index < -0.39 is 5.97 Å². The average Bonchev–Trinajstić information content (AvgIpc) is 2.38. The van der Waals surface area contributed by atoms with E-state index in [1.807, 2.05) is 44.2 Å². The summed E-state index contributed by atoms with van der Waals surface area (Å²) in [5.74, 6) is -0.582. The van der Waals surface area contributed by atoms with Crippen LogP contribution in [0.5, 0.6) is 0 Å². The third-order valence-electron chi connectivity index (χ3n) is 3.32. The Bertz CT molecular complexity index is 443. The molecule has 0 fully saturated rings. The molecule has 4 nitrogen and oxygen atoms in total. The topological polar surface area (TPSA) is 66.4 Å². The van der Waals surface area contributed by atoms with Crippen LogP contribution in [-0.4, -0.2) is 23.5 Å². The third-order valence-corrected chi connectivity index (χ3v) is 3.32. The number of benzene rings is 1. The molecule has 1 aromatic rings. The highest BCUT2D eigenvalue weighted by atomic mass is 16.4. The quantitative estimate of drug-likeness (QED) is 0.735. The Morgan fingerprint density at radius 3 is 2.38 bits per heavy atom. The van der Waals surface area contributed by atoms with Crippen molar-refractivity contribution >= 4 is 11.9 Å². The van der Waals surface area contributed by atoms with Gasteiger partial charge in [0, 0.05) is 19.4 Å². The molecule has 0 aliphatic rings. The molecule has 4 heteroatoms. The summed E-state index contributed by atoms with van der Waals surface area (Å²) in [6, 6.07) is 9.96. The molecule has 0 aliphatic heterocycles. The Kier molecular flexibility index (Phi) is 7.51. The second-order valence-electron chi connectivity index (χ2n) is 5.88. The van der Waals surface area contributed by atoms with Crippen molar-refractivity contribution in [3.05, 3.63) is 35.9 Å². The number of aliphatic carboxylic acids is 1. The van der Waals surface area contributed by atoms with Gasteiger partial charge < -0.3 is 10.4 Å². The lowest BCUT2D eigenvalue weighted by atomic mass is 9.91. The van der Waals surface area contributed by atoms with Crippen molar-refractivity contribution in [3.8, 4) is 0 Å². The first kappa shape index (κ1) is 17.2. The number of carboxylic acids is 1. The van der Waals surface area contributed by atoms with Gasteiger partial charge in [-0.3, -0.25) is 9.59 Å². The minimum absolute atomic E-state index is 0.0576. The van der Waals surface area contributed by atoms with E-state index in [0.29, 0.717) is 18.9 Å². The average molecular weight is 291 g/mol. The summed E-state index contributed by atoms with van der Waals surface area (Å²) in [6.45, 7) is 4.68. The highest BCUT2D eigenvalue weighted by molar-refractivity contribution is 5.77. The van der Waals surface area contributed by atoms with E-state index in [1.54, 1.807) is 0 Å². The fourth-order valence-corrected chi connectivity index (χ4v) is 2.48. The van der Waals surface area contributed by atoms with Gasteiger partial charge >= 0.3 is 5.97 Å². The predicted molar refractivity (Wildman–Crippen MR) is 83.0 cm³/mol. The predicted octanol–water partition coefficient (Wildman–Crippen LogP) is 2.87. The van der Waals surface area contributed by atoms with E-state index in [0.717, 1.165) is 12.8 Å². The second-order valence-corrected chi connectivity index (χ2v) is 5.88. The molecule has 0 saturated heterocycles. The maximum Gasteiger partial charge on any atom is 0.303 e. The summed E-state index contributed by atoms with van der Waals surface area (Å²) < 4.78 is 0. The molecule has 21 heavy (non-hydrogen) atoms. The van der Waals surface area contributed by atoms with E-state index in [-0.39, 0.29) is 18.2 Å². The van der Waals surface area contributed by atoms with Crippen LogP contribution < -0.4 is 5.32 Å². The van der Waals surface area contributed by atoms with Crippen LogP contribution in [0.4, 0.5) is 0 Å². The maximum atomic E-state index is 11.9. The summed E-state index contributed by atoms with van der Waals surface area (Å²) in [5, 5.41) is 11.8. The number of carbonyl (C=O) groups is 2. The minimum atomic E-state index is -0.835. The lowest BCUT2D eigenvalue weighted by Gasteiger charge is -2.16. The van der Waals surface area contributed by atoms with Gasteiger partial charge in [0.25, 0.3) is 0 Å². The van der Waals surface area contributed by atoms with Gasteiger partial charge in [0.05, 0.1) is 0 Å². The van der Waals surface area contributed by atoms with Crippen molar-refractivity contribution < 1.29 is 14.7 Å². The molecule has 0 saturated carbocycles. The zero-order chi connectivity index (χ0) is 15.7. The molecule has 0 aliphatic carbocycles. The number of carboxylic acid groups (broad SMARTS) is 1. The first-order valence-corrected chi connectivity index (χ1v) is 7.49. The molecule has 2 N–H and O–H groups in total. The maximum absolute atomic E-state index is 11.9. The van der Waals surface area contributed by atoms with Crippen molar-refractivity contribution in [2.45, 2.75) is 39.5 Å². The molecule has 0 unspecified atom stereocenters. The molecule has 116 valence electrons.